The number of aromatic nitrogens is 4. The number of carbonyl (C=O) groups excluding carboxylic acids is 1. The van der Waals surface area contributed by atoms with Gasteiger partial charge in [0.05, 0.1) is 11.2 Å². The van der Waals surface area contributed by atoms with Gasteiger partial charge in [-0.1, -0.05) is 48.0 Å². The Morgan fingerprint density at radius 1 is 1.42 bits per heavy atom. The first-order valence-corrected chi connectivity index (χ1v) is 10.9. The molecule has 2 aromatic heterocycles. The van der Waals surface area contributed by atoms with Crippen molar-refractivity contribution in [3.8, 4) is 0 Å². The van der Waals surface area contributed by atoms with Crippen LogP contribution in [0.2, 0.25) is 5.02 Å². The lowest BCUT2D eigenvalue weighted by Crippen LogP contribution is -2.17. The minimum atomic E-state index is -3.65. The van der Waals surface area contributed by atoms with Gasteiger partial charge in [0.2, 0.25) is 20.1 Å². The van der Waals surface area contributed by atoms with Gasteiger partial charge >= 0.3 is 0 Å². The minimum absolute atomic E-state index is 0.0537. The first kappa shape index (κ1) is 19.0. The van der Waals surface area contributed by atoms with Gasteiger partial charge in [-0.15, -0.1) is 10.2 Å². The summed E-state index contributed by atoms with van der Waals surface area (Å²) in [6, 6.07) is 0. The van der Waals surface area contributed by atoms with E-state index in [0.717, 1.165) is 35.4 Å². The number of hydrogen-bond donors (Lipinski definition) is 1. The summed E-state index contributed by atoms with van der Waals surface area (Å²) in [4.78, 5) is 19.6. The largest absolute Gasteiger partial charge is 0.295 e. The molecule has 0 aromatic carbocycles. The van der Waals surface area contributed by atoms with Crippen LogP contribution in [0.25, 0.3) is 0 Å². The second kappa shape index (κ2) is 8.19. The Bertz CT molecular complexity index is 840. The van der Waals surface area contributed by atoms with Crippen LogP contribution in [0.5, 0.6) is 0 Å². The summed E-state index contributed by atoms with van der Waals surface area (Å²) in [6.45, 7) is 2.10. The van der Waals surface area contributed by atoms with Gasteiger partial charge in [0.25, 0.3) is 5.91 Å². The zero-order chi connectivity index (χ0) is 17.7. The topological polar surface area (TPSA) is 115 Å². The molecule has 1 amide bonds. The van der Waals surface area contributed by atoms with E-state index in [9.17, 15) is 13.2 Å². The molecule has 2 aromatic rings. The van der Waals surface area contributed by atoms with E-state index in [0.29, 0.717) is 0 Å². The van der Waals surface area contributed by atoms with Gasteiger partial charge < -0.3 is 0 Å². The SMILES string of the molecule is CCCCSc1nnc(NC(=O)c2nc(S(C)(=O)=O)ncc2Cl)s1. The third kappa shape index (κ3) is 5.10. The molecule has 24 heavy (non-hydrogen) atoms. The van der Waals surface area contributed by atoms with Crippen molar-refractivity contribution in [3.05, 3.63) is 16.9 Å². The molecule has 0 aliphatic rings. The van der Waals surface area contributed by atoms with Crippen LogP contribution in [-0.4, -0.2) is 46.5 Å². The molecule has 0 aliphatic carbocycles. The molecule has 0 fully saturated rings. The number of nitrogens with one attached hydrogen (secondary N) is 1. The highest BCUT2D eigenvalue weighted by atomic mass is 35.5. The van der Waals surface area contributed by atoms with Crippen LogP contribution < -0.4 is 5.32 Å². The quantitative estimate of drug-likeness (QED) is 0.322. The molecule has 0 atom stereocenters. The molecule has 0 saturated heterocycles. The van der Waals surface area contributed by atoms with Gasteiger partial charge in [0.1, 0.15) is 0 Å². The van der Waals surface area contributed by atoms with Crippen molar-refractivity contribution in [1.29, 1.82) is 0 Å². The van der Waals surface area contributed by atoms with Crippen molar-refractivity contribution >= 4 is 55.6 Å². The fraction of sp³-hybridized carbons (Fsp3) is 0.417. The average Bonchev–Trinajstić information content (AvgIpc) is 2.94. The van der Waals surface area contributed by atoms with E-state index >= 15 is 0 Å². The standard InChI is InChI=1S/C12H14ClN5O3S3/c1-3-4-5-22-12-18-17-10(23-12)16-9(19)8-7(13)6-14-11(15-8)24(2,20)21/h6H,3-5H2,1-2H3,(H,16,17,19). The van der Waals surface area contributed by atoms with Crippen LogP contribution >= 0.6 is 34.7 Å². The van der Waals surface area contributed by atoms with E-state index in [-0.39, 0.29) is 15.8 Å². The Morgan fingerprint density at radius 3 is 2.83 bits per heavy atom. The summed E-state index contributed by atoms with van der Waals surface area (Å²) >= 11 is 8.67. The number of nitrogens with zero attached hydrogens (tertiary/aromatic N) is 4. The van der Waals surface area contributed by atoms with Crippen molar-refractivity contribution in [2.24, 2.45) is 0 Å². The van der Waals surface area contributed by atoms with Gasteiger partial charge in [0.15, 0.2) is 10.0 Å². The maximum atomic E-state index is 12.2. The molecule has 8 nitrogen and oxygen atoms in total. The Kier molecular flexibility index (Phi) is 6.49. The molecule has 2 heterocycles. The van der Waals surface area contributed by atoms with Crippen molar-refractivity contribution in [2.75, 3.05) is 17.3 Å². The number of amides is 1. The Labute approximate surface area is 152 Å². The van der Waals surface area contributed by atoms with Gasteiger partial charge in [-0.05, 0) is 6.42 Å². The molecule has 0 saturated carbocycles. The summed E-state index contributed by atoms with van der Waals surface area (Å²) in [6.07, 6.45) is 4.18. The molecule has 2 rings (SSSR count). The van der Waals surface area contributed by atoms with Crippen LogP contribution in [0, 0.1) is 0 Å². The smallest absolute Gasteiger partial charge is 0.277 e. The Hall–Kier alpha value is -1.30. The van der Waals surface area contributed by atoms with Gasteiger partial charge in [0, 0.05) is 12.0 Å². The normalized spacial score (nSPS) is 11.5. The van der Waals surface area contributed by atoms with E-state index in [4.69, 9.17) is 11.6 Å². The third-order valence-electron chi connectivity index (χ3n) is 2.62. The monoisotopic (exact) mass is 407 g/mol. The van der Waals surface area contributed by atoms with Crippen molar-refractivity contribution in [1.82, 2.24) is 20.2 Å². The highest BCUT2D eigenvalue weighted by Crippen LogP contribution is 2.26. The van der Waals surface area contributed by atoms with Gasteiger partial charge in [-0.25, -0.2) is 18.4 Å². The summed E-state index contributed by atoms with van der Waals surface area (Å²) in [7, 11) is -3.65. The zero-order valence-electron chi connectivity index (χ0n) is 12.8. The summed E-state index contributed by atoms with van der Waals surface area (Å²) in [5.74, 6) is 0.253. The molecule has 12 heteroatoms. The zero-order valence-corrected chi connectivity index (χ0v) is 16.0. The molecular weight excluding hydrogens is 394 g/mol. The van der Waals surface area contributed by atoms with E-state index in [1.54, 1.807) is 11.8 Å². The van der Waals surface area contributed by atoms with Crippen molar-refractivity contribution in [2.45, 2.75) is 29.3 Å². The van der Waals surface area contributed by atoms with Crippen molar-refractivity contribution < 1.29 is 13.2 Å². The first-order chi connectivity index (χ1) is 11.3. The van der Waals surface area contributed by atoms with Crippen LogP contribution in [-0.2, 0) is 9.84 Å². The summed E-state index contributed by atoms with van der Waals surface area (Å²) < 4.78 is 23.7. The first-order valence-electron chi connectivity index (χ1n) is 6.81. The number of halogens is 1. The predicted molar refractivity (Wildman–Crippen MR) is 93.6 cm³/mol. The second-order valence-corrected chi connectivity index (χ2v) is 9.29. The van der Waals surface area contributed by atoms with Crippen LogP contribution in [0.4, 0.5) is 5.13 Å². The number of anilines is 1. The molecule has 0 aliphatic heterocycles. The lowest BCUT2D eigenvalue weighted by Gasteiger charge is -2.04. The van der Waals surface area contributed by atoms with Crippen LogP contribution in [0.3, 0.4) is 0 Å². The summed E-state index contributed by atoms with van der Waals surface area (Å²) in [5.41, 5.74) is -0.234. The fourth-order valence-corrected chi connectivity index (χ4v) is 4.05. The third-order valence-corrected chi connectivity index (χ3v) is 5.81. The average molecular weight is 408 g/mol. The van der Waals surface area contributed by atoms with Gasteiger partial charge in [-0.3, -0.25) is 10.1 Å². The maximum Gasteiger partial charge on any atom is 0.277 e. The number of sulfone groups is 1. The Morgan fingerprint density at radius 2 is 2.17 bits per heavy atom. The van der Waals surface area contributed by atoms with E-state index < -0.39 is 20.9 Å². The lowest BCUT2D eigenvalue weighted by molar-refractivity contribution is 0.102. The van der Waals surface area contributed by atoms with Crippen LogP contribution in [0.15, 0.2) is 15.7 Å². The van der Waals surface area contributed by atoms with E-state index in [1.165, 1.54) is 11.3 Å². The molecule has 1 N–H and O–H groups in total. The lowest BCUT2D eigenvalue weighted by atomic mass is 10.4. The van der Waals surface area contributed by atoms with Crippen molar-refractivity contribution in [3.63, 3.8) is 0 Å². The second-order valence-electron chi connectivity index (χ2n) is 4.65. The minimum Gasteiger partial charge on any atom is -0.295 e. The van der Waals surface area contributed by atoms with E-state index in [2.05, 4.69) is 32.4 Å². The molecular formula is C12H14ClN5O3S3. The number of carbonyl (C=O) groups is 1. The number of unbranched alkanes of at least 4 members (excludes halogenated alkanes) is 1. The molecule has 0 unspecified atom stereocenters. The maximum absolute atomic E-state index is 12.2. The number of thioether (sulfide) groups is 1. The highest BCUT2D eigenvalue weighted by Gasteiger charge is 2.20. The molecule has 0 bridgehead atoms. The summed E-state index contributed by atoms with van der Waals surface area (Å²) in [5, 5.41) is 10.1. The highest BCUT2D eigenvalue weighted by molar-refractivity contribution is 8.01. The van der Waals surface area contributed by atoms with Crippen LogP contribution in [0.1, 0.15) is 30.3 Å². The number of rotatable bonds is 7. The Balaban J connectivity index is 2.12. The molecule has 130 valence electrons. The van der Waals surface area contributed by atoms with E-state index in [1.807, 2.05) is 0 Å². The van der Waals surface area contributed by atoms with Gasteiger partial charge in [-0.2, -0.15) is 0 Å². The molecule has 0 spiro atoms. The fourth-order valence-electron chi connectivity index (χ4n) is 1.47. The predicted octanol–water partition coefficient (Wildman–Crippen LogP) is 2.53. The number of hydrogen-bond acceptors (Lipinski definition) is 9. The molecule has 0 radical (unpaired) electrons.